The Labute approximate surface area is 133 Å². The molecule has 1 fully saturated rings. The zero-order valence-electron chi connectivity index (χ0n) is 13.2. The monoisotopic (exact) mass is 311 g/mol. The summed E-state index contributed by atoms with van der Waals surface area (Å²) in [5.41, 5.74) is 1.11. The minimum absolute atomic E-state index is 0.0291. The normalized spacial score (nSPS) is 20.7. The van der Waals surface area contributed by atoms with Gasteiger partial charge in [0.2, 0.25) is 0 Å². The van der Waals surface area contributed by atoms with Gasteiger partial charge in [-0.3, -0.25) is 0 Å². The molecule has 21 heavy (non-hydrogen) atoms. The summed E-state index contributed by atoms with van der Waals surface area (Å²) in [4.78, 5) is 0. The summed E-state index contributed by atoms with van der Waals surface area (Å²) in [6, 6.07) is 7.92. The molecule has 2 unspecified atom stereocenters. The number of benzene rings is 1. The molecule has 1 aromatic carbocycles. The third-order valence-electron chi connectivity index (χ3n) is 3.63. The van der Waals surface area contributed by atoms with E-state index in [1.54, 1.807) is 0 Å². The number of nitrogens with one attached hydrogen (secondary N) is 1. The van der Waals surface area contributed by atoms with Crippen LogP contribution in [0, 0.1) is 5.92 Å². The third-order valence-corrected chi connectivity index (χ3v) is 3.97. The molecule has 0 aromatic heterocycles. The molecule has 4 heteroatoms. The van der Waals surface area contributed by atoms with Crippen LogP contribution in [-0.2, 0) is 9.47 Å². The van der Waals surface area contributed by atoms with Crippen molar-refractivity contribution in [1.82, 2.24) is 5.32 Å². The van der Waals surface area contributed by atoms with E-state index in [0.717, 1.165) is 43.4 Å². The van der Waals surface area contributed by atoms with Crippen LogP contribution in [0.3, 0.4) is 0 Å². The number of hydrogen-bond acceptors (Lipinski definition) is 3. The molecule has 0 radical (unpaired) electrons. The highest BCUT2D eigenvalue weighted by Crippen LogP contribution is 2.27. The van der Waals surface area contributed by atoms with Crippen LogP contribution in [-0.4, -0.2) is 31.9 Å². The summed E-state index contributed by atoms with van der Waals surface area (Å²) in [6.07, 6.45) is 1.06. The van der Waals surface area contributed by atoms with Crippen LogP contribution in [0.15, 0.2) is 24.3 Å². The lowest BCUT2D eigenvalue weighted by Crippen LogP contribution is -2.39. The largest absolute Gasteiger partial charge is 0.381 e. The van der Waals surface area contributed by atoms with Crippen molar-refractivity contribution in [2.24, 2.45) is 5.92 Å². The van der Waals surface area contributed by atoms with Crippen molar-refractivity contribution in [1.29, 1.82) is 0 Å². The molecule has 118 valence electrons. The first kappa shape index (κ1) is 16.8. The van der Waals surface area contributed by atoms with Gasteiger partial charge in [-0.15, -0.1) is 0 Å². The van der Waals surface area contributed by atoms with E-state index in [-0.39, 0.29) is 11.6 Å². The second-order valence-electron chi connectivity index (χ2n) is 6.70. The van der Waals surface area contributed by atoms with Gasteiger partial charge in [-0.05, 0) is 33.3 Å². The Kier molecular flexibility index (Phi) is 6.06. The van der Waals surface area contributed by atoms with E-state index >= 15 is 0 Å². The zero-order chi connectivity index (χ0) is 15.3. The topological polar surface area (TPSA) is 30.5 Å². The standard InChI is InChI=1S/C17H26ClNO2/c1-17(2,3)19-10-16(14-6-4-5-7-15(14)18)21-12-13-8-9-20-11-13/h4-7,13,16,19H,8-12H2,1-3H3. The molecular weight excluding hydrogens is 286 g/mol. The Bertz CT molecular complexity index is 439. The maximum atomic E-state index is 6.33. The van der Waals surface area contributed by atoms with Gasteiger partial charge in [0.05, 0.1) is 19.3 Å². The molecule has 2 rings (SSSR count). The molecule has 3 nitrogen and oxygen atoms in total. The highest BCUT2D eigenvalue weighted by Gasteiger charge is 2.22. The molecular formula is C17H26ClNO2. The van der Waals surface area contributed by atoms with Crippen LogP contribution < -0.4 is 5.32 Å². The second-order valence-corrected chi connectivity index (χ2v) is 7.11. The fourth-order valence-electron chi connectivity index (χ4n) is 2.36. The van der Waals surface area contributed by atoms with E-state index in [0.29, 0.717) is 5.92 Å². The Morgan fingerprint density at radius 2 is 2.14 bits per heavy atom. The van der Waals surface area contributed by atoms with Crippen molar-refractivity contribution in [3.8, 4) is 0 Å². The van der Waals surface area contributed by atoms with Crippen molar-refractivity contribution in [2.45, 2.75) is 38.8 Å². The highest BCUT2D eigenvalue weighted by molar-refractivity contribution is 6.31. The summed E-state index contributed by atoms with van der Waals surface area (Å²) in [7, 11) is 0. The van der Waals surface area contributed by atoms with Crippen LogP contribution >= 0.6 is 11.6 Å². The van der Waals surface area contributed by atoms with Crippen molar-refractivity contribution < 1.29 is 9.47 Å². The lowest BCUT2D eigenvalue weighted by Gasteiger charge is -2.27. The van der Waals surface area contributed by atoms with Gasteiger partial charge in [0.25, 0.3) is 0 Å². The first-order chi connectivity index (χ1) is 9.96. The van der Waals surface area contributed by atoms with Gasteiger partial charge in [0.15, 0.2) is 0 Å². The van der Waals surface area contributed by atoms with Gasteiger partial charge in [-0.25, -0.2) is 0 Å². The van der Waals surface area contributed by atoms with Gasteiger partial charge in [-0.1, -0.05) is 29.8 Å². The lowest BCUT2D eigenvalue weighted by atomic mass is 10.1. The summed E-state index contributed by atoms with van der Waals surface area (Å²) in [5, 5.41) is 4.27. The fourth-order valence-corrected chi connectivity index (χ4v) is 2.62. The predicted octanol–water partition coefficient (Wildman–Crippen LogP) is 3.82. The van der Waals surface area contributed by atoms with Crippen LogP contribution in [0.25, 0.3) is 0 Å². The van der Waals surface area contributed by atoms with Crippen molar-refractivity contribution >= 4 is 11.6 Å². The number of halogens is 1. The quantitative estimate of drug-likeness (QED) is 0.866. The van der Waals surface area contributed by atoms with Gasteiger partial charge in [0.1, 0.15) is 0 Å². The minimum Gasteiger partial charge on any atom is -0.381 e. The molecule has 1 saturated heterocycles. The van der Waals surface area contributed by atoms with E-state index in [1.165, 1.54) is 0 Å². The summed E-state index contributed by atoms with van der Waals surface area (Å²) >= 11 is 6.33. The highest BCUT2D eigenvalue weighted by atomic mass is 35.5. The van der Waals surface area contributed by atoms with Gasteiger partial charge < -0.3 is 14.8 Å². The first-order valence-electron chi connectivity index (χ1n) is 7.64. The number of ether oxygens (including phenoxy) is 2. The van der Waals surface area contributed by atoms with Gasteiger partial charge in [-0.2, -0.15) is 0 Å². The second kappa shape index (κ2) is 7.59. The Morgan fingerprint density at radius 3 is 2.76 bits per heavy atom. The molecule has 1 N–H and O–H groups in total. The minimum atomic E-state index is -0.0291. The molecule has 0 saturated carbocycles. The molecule has 1 aromatic rings. The molecule has 0 amide bonds. The number of hydrogen-bond donors (Lipinski definition) is 1. The third kappa shape index (κ3) is 5.59. The molecule has 2 atom stereocenters. The average Bonchev–Trinajstić information content (AvgIpc) is 2.92. The van der Waals surface area contributed by atoms with Crippen LogP contribution in [0.1, 0.15) is 38.9 Å². The number of rotatable bonds is 6. The van der Waals surface area contributed by atoms with E-state index in [1.807, 2.05) is 24.3 Å². The first-order valence-corrected chi connectivity index (χ1v) is 8.02. The Balaban J connectivity index is 2.00. The van der Waals surface area contributed by atoms with Crippen LogP contribution in [0.4, 0.5) is 0 Å². The van der Waals surface area contributed by atoms with E-state index in [2.05, 4.69) is 26.1 Å². The maximum Gasteiger partial charge on any atom is 0.0963 e. The Morgan fingerprint density at radius 1 is 1.38 bits per heavy atom. The fraction of sp³-hybridized carbons (Fsp3) is 0.647. The molecule has 1 aliphatic rings. The van der Waals surface area contributed by atoms with Crippen molar-refractivity contribution in [3.63, 3.8) is 0 Å². The summed E-state index contributed by atoms with van der Waals surface area (Å²) in [5.74, 6) is 0.504. The smallest absolute Gasteiger partial charge is 0.0963 e. The molecule has 0 spiro atoms. The molecule has 0 aliphatic carbocycles. The SMILES string of the molecule is CC(C)(C)NCC(OCC1CCOC1)c1ccccc1Cl. The van der Waals surface area contributed by atoms with Crippen LogP contribution in [0.5, 0.6) is 0 Å². The average molecular weight is 312 g/mol. The predicted molar refractivity (Wildman–Crippen MR) is 86.8 cm³/mol. The molecule has 1 heterocycles. The van der Waals surface area contributed by atoms with E-state index in [9.17, 15) is 0 Å². The van der Waals surface area contributed by atoms with Gasteiger partial charge in [0, 0.05) is 35.2 Å². The summed E-state index contributed by atoms with van der Waals surface area (Å²) < 4.78 is 11.6. The summed E-state index contributed by atoms with van der Waals surface area (Å²) in [6.45, 7) is 9.60. The molecule has 1 aliphatic heterocycles. The van der Waals surface area contributed by atoms with Crippen LogP contribution in [0.2, 0.25) is 5.02 Å². The maximum absolute atomic E-state index is 6.33. The van der Waals surface area contributed by atoms with E-state index < -0.39 is 0 Å². The van der Waals surface area contributed by atoms with Crippen molar-refractivity contribution in [2.75, 3.05) is 26.4 Å². The van der Waals surface area contributed by atoms with Gasteiger partial charge >= 0.3 is 0 Å². The lowest BCUT2D eigenvalue weighted by molar-refractivity contribution is 0.0222. The molecule has 0 bridgehead atoms. The zero-order valence-corrected chi connectivity index (χ0v) is 14.0. The van der Waals surface area contributed by atoms with E-state index in [4.69, 9.17) is 21.1 Å². The van der Waals surface area contributed by atoms with Crippen molar-refractivity contribution in [3.05, 3.63) is 34.9 Å². The Hall–Kier alpha value is -0.610.